The van der Waals surface area contributed by atoms with E-state index in [4.69, 9.17) is 10.2 Å². The zero-order valence-corrected chi connectivity index (χ0v) is 10.2. The Balaban J connectivity index is 3.00. The summed E-state index contributed by atoms with van der Waals surface area (Å²) < 4.78 is 14.1. The summed E-state index contributed by atoms with van der Waals surface area (Å²) >= 11 is 0. The number of hydrogen-bond acceptors (Lipinski definition) is 2. The maximum absolute atomic E-state index is 14.1. The van der Waals surface area contributed by atoms with E-state index in [0.29, 0.717) is 0 Å². The Hall–Kier alpha value is -1.33. The molecule has 1 aliphatic heterocycles. The van der Waals surface area contributed by atoms with Gasteiger partial charge in [0.1, 0.15) is 0 Å². The van der Waals surface area contributed by atoms with Gasteiger partial charge in [-0.05, 0) is 5.41 Å². The molecule has 0 aromatic rings. The van der Waals surface area contributed by atoms with Gasteiger partial charge < -0.3 is 15.1 Å². The van der Waals surface area contributed by atoms with Gasteiger partial charge in [-0.1, -0.05) is 20.8 Å². The molecule has 0 aromatic heterocycles. The minimum absolute atomic E-state index is 0.0833. The summed E-state index contributed by atoms with van der Waals surface area (Å²) in [6, 6.07) is -0.630. The molecule has 2 unspecified atom stereocenters. The van der Waals surface area contributed by atoms with E-state index in [9.17, 15) is 14.0 Å². The second kappa shape index (κ2) is 4.16. The van der Waals surface area contributed by atoms with Crippen LogP contribution in [0.25, 0.3) is 0 Å². The molecule has 1 heterocycles. The van der Waals surface area contributed by atoms with Crippen molar-refractivity contribution in [1.82, 2.24) is 4.90 Å². The van der Waals surface area contributed by atoms with Crippen LogP contribution in [0.5, 0.6) is 0 Å². The topological polar surface area (TPSA) is 77.8 Å². The summed E-state index contributed by atoms with van der Waals surface area (Å²) in [7, 11) is 0. The van der Waals surface area contributed by atoms with Gasteiger partial charge in [0, 0.05) is 25.4 Å². The quantitative estimate of drug-likeness (QED) is 0.742. The number of carbonyl (C=O) groups is 2. The Morgan fingerprint density at radius 1 is 1.35 bits per heavy atom. The Morgan fingerprint density at radius 3 is 2.24 bits per heavy atom. The number of likely N-dealkylation sites (tertiary alicyclic amines) is 1. The first-order valence-electron chi connectivity index (χ1n) is 5.50. The molecular formula is C11H18FNO4. The van der Waals surface area contributed by atoms with Gasteiger partial charge in [-0.3, -0.25) is 0 Å². The molecule has 1 rings (SSSR count). The highest BCUT2D eigenvalue weighted by Gasteiger charge is 2.50. The van der Waals surface area contributed by atoms with Gasteiger partial charge in [-0.25, -0.2) is 14.0 Å². The molecule has 5 nitrogen and oxygen atoms in total. The van der Waals surface area contributed by atoms with Crippen LogP contribution in [0, 0.1) is 5.41 Å². The fraction of sp³-hybridized carbons (Fsp3) is 0.818. The van der Waals surface area contributed by atoms with Crippen molar-refractivity contribution in [2.75, 3.05) is 6.54 Å². The molecule has 0 bridgehead atoms. The number of amides is 1. The number of aliphatic carboxylic acids is 1. The first kappa shape index (κ1) is 13.7. The zero-order valence-electron chi connectivity index (χ0n) is 10.2. The van der Waals surface area contributed by atoms with Gasteiger partial charge >= 0.3 is 12.1 Å². The fourth-order valence-corrected chi connectivity index (χ4v) is 2.17. The molecule has 0 spiro atoms. The van der Waals surface area contributed by atoms with Crippen LogP contribution in [0.2, 0.25) is 0 Å². The van der Waals surface area contributed by atoms with Gasteiger partial charge in [-0.15, -0.1) is 0 Å². The van der Waals surface area contributed by atoms with E-state index in [1.165, 1.54) is 0 Å². The summed E-state index contributed by atoms with van der Waals surface area (Å²) in [4.78, 5) is 23.1. The molecule has 17 heavy (non-hydrogen) atoms. The van der Waals surface area contributed by atoms with Crippen LogP contribution in [0.15, 0.2) is 0 Å². The van der Waals surface area contributed by atoms with Crippen molar-refractivity contribution in [2.45, 2.75) is 45.3 Å². The second-order valence-electron chi connectivity index (χ2n) is 5.58. The van der Waals surface area contributed by atoms with Crippen LogP contribution in [0.4, 0.5) is 9.18 Å². The maximum atomic E-state index is 14.1. The summed E-state index contributed by atoms with van der Waals surface area (Å²) in [6.45, 7) is 5.25. The first-order chi connectivity index (χ1) is 7.58. The van der Waals surface area contributed by atoms with Crippen LogP contribution in [0.3, 0.4) is 0 Å². The Bertz CT molecular complexity index is 339. The minimum atomic E-state index is -2.32. The molecule has 0 saturated carbocycles. The highest BCUT2D eigenvalue weighted by atomic mass is 19.1. The van der Waals surface area contributed by atoms with Crippen molar-refractivity contribution in [2.24, 2.45) is 5.41 Å². The number of carboxylic acid groups (broad SMARTS) is 2. The third-order valence-electron chi connectivity index (χ3n) is 3.27. The molecule has 6 heteroatoms. The lowest BCUT2D eigenvalue weighted by molar-refractivity contribution is -0.157. The van der Waals surface area contributed by atoms with E-state index >= 15 is 0 Å². The van der Waals surface area contributed by atoms with Crippen LogP contribution in [-0.4, -0.2) is 45.4 Å². The Labute approximate surface area is 99.2 Å². The highest BCUT2D eigenvalue weighted by molar-refractivity contribution is 5.78. The molecule has 0 radical (unpaired) electrons. The van der Waals surface area contributed by atoms with Gasteiger partial charge in [0.05, 0.1) is 0 Å². The smallest absolute Gasteiger partial charge is 0.407 e. The molecule has 0 aliphatic carbocycles. The average molecular weight is 247 g/mol. The van der Waals surface area contributed by atoms with Gasteiger partial charge in [0.2, 0.25) is 5.67 Å². The number of halogens is 1. The average Bonchev–Trinajstić information content (AvgIpc) is 2.15. The third-order valence-corrected chi connectivity index (χ3v) is 3.27. The summed E-state index contributed by atoms with van der Waals surface area (Å²) in [5.41, 5.74) is -2.81. The van der Waals surface area contributed by atoms with Crippen molar-refractivity contribution < 1.29 is 24.2 Å². The van der Waals surface area contributed by atoms with Gasteiger partial charge in [0.15, 0.2) is 0 Å². The molecule has 2 atom stereocenters. The molecule has 98 valence electrons. The number of hydrogen-bond donors (Lipinski definition) is 2. The van der Waals surface area contributed by atoms with Crippen molar-refractivity contribution in [3.05, 3.63) is 0 Å². The highest BCUT2D eigenvalue weighted by Crippen LogP contribution is 2.38. The van der Waals surface area contributed by atoms with Crippen LogP contribution in [0.1, 0.15) is 33.6 Å². The monoisotopic (exact) mass is 247 g/mol. The van der Waals surface area contributed by atoms with Crippen molar-refractivity contribution in [1.29, 1.82) is 0 Å². The molecule has 2 N–H and O–H groups in total. The fourth-order valence-electron chi connectivity index (χ4n) is 2.17. The predicted molar refractivity (Wildman–Crippen MR) is 58.7 cm³/mol. The lowest BCUT2D eigenvalue weighted by Gasteiger charge is -2.45. The van der Waals surface area contributed by atoms with E-state index in [-0.39, 0.29) is 19.4 Å². The van der Waals surface area contributed by atoms with Crippen molar-refractivity contribution in [3.8, 4) is 0 Å². The Kier molecular flexibility index (Phi) is 3.36. The summed E-state index contributed by atoms with van der Waals surface area (Å²) in [5.74, 6) is -1.50. The number of alkyl halides is 1. The normalized spacial score (nSPS) is 30.1. The van der Waals surface area contributed by atoms with E-state index < -0.39 is 29.2 Å². The third kappa shape index (κ3) is 2.68. The molecule has 1 amide bonds. The second-order valence-corrected chi connectivity index (χ2v) is 5.58. The van der Waals surface area contributed by atoms with Crippen molar-refractivity contribution in [3.63, 3.8) is 0 Å². The number of carboxylic acids is 1. The van der Waals surface area contributed by atoms with E-state index in [1.54, 1.807) is 20.8 Å². The lowest BCUT2D eigenvalue weighted by atomic mass is 9.76. The molecule has 1 aliphatic rings. The van der Waals surface area contributed by atoms with E-state index in [0.717, 1.165) is 4.90 Å². The van der Waals surface area contributed by atoms with Gasteiger partial charge in [-0.2, -0.15) is 0 Å². The van der Waals surface area contributed by atoms with Crippen LogP contribution in [-0.2, 0) is 4.79 Å². The number of rotatable bonds is 1. The summed E-state index contributed by atoms with van der Waals surface area (Å²) in [6.07, 6.45) is -1.71. The van der Waals surface area contributed by atoms with Crippen molar-refractivity contribution >= 4 is 12.1 Å². The maximum Gasteiger partial charge on any atom is 0.407 e. The van der Waals surface area contributed by atoms with E-state index in [1.807, 2.05) is 0 Å². The first-order valence-corrected chi connectivity index (χ1v) is 5.50. The molecular weight excluding hydrogens is 229 g/mol. The van der Waals surface area contributed by atoms with Gasteiger partial charge in [0.25, 0.3) is 0 Å². The molecule has 1 saturated heterocycles. The SMILES string of the molecule is CC(C)(C)C1CC(F)(C(=O)O)CCN1C(=O)O. The lowest BCUT2D eigenvalue weighted by Crippen LogP contribution is -2.57. The standard InChI is InChI=1S/C11H18FNO4/c1-10(2,3)7-6-11(12,8(14)15)4-5-13(7)9(16)17/h7H,4-6H2,1-3H3,(H,14,15)(H,16,17). The summed E-state index contributed by atoms with van der Waals surface area (Å²) in [5, 5.41) is 17.9. The largest absolute Gasteiger partial charge is 0.479 e. The zero-order chi connectivity index (χ0) is 13.4. The van der Waals surface area contributed by atoms with E-state index in [2.05, 4.69) is 0 Å². The van der Waals surface area contributed by atoms with Crippen LogP contribution < -0.4 is 0 Å². The molecule has 0 aromatic carbocycles. The number of piperidine rings is 1. The van der Waals surface area contributed by atoms with Crippen LogP contribution >= 0.6 is 0 Å². The minimum Gasteiger partial charge on any atom is -0.479 e. The molecule has 1 fully saturated rings. The Morgan fingerprint density at radius 2 is 1.88 bits per heavy atom. The predicted octanol–water partition coefficient (Wildman–Crippen LogP) is 1.97. The number of nitrogens with zero attached hydrogens (tertiary/aromatic N) is 1.